The van der Waals surface area contributed by atoms with Crippen molar-refractivity contribution in [3.8, 4) is 86.2 Å². The third-order valence-corrected chi connectivity index (χ3v) is 13.4. The molecule has 0 saturated carbocycles. The van der Waals surface area contributed by atoms with E-state index in [1.54, 1.807) is 48.5 Å². The third kappa shape index (κ3) is 7.51. The zero-order chi connectivity index (χ0) is 51.6. The summed E-state index contributed by atoms with van der Waals surface area (Å²) in [6.45, 7) is 0. The first-order chi connectivity index (χ1) is 35.7. The molecule has 0 saturated heterocycles. The van der Waals surface area contributed by atoms with E-state index in [-0.39, 0.29) is 27.8 Å². The molecule has 0 amide bonds. The highest BCUT2D eigenvalue weighted by molar-refractivity contribution is 6.13. The number of nitriles is 5. The number of hydrogen-bond donors (Lipinski definition) is 0. The van der Waals surface area contributed by atoms with Crippen molar-refractivity contribution >= 4 is 43.6 Å². The minimum atomic E-state index is -5.19. The largest absolute Gasteiger partial charge is 0.417 e. The first-order valence-electron chi connectivity index (χ1n) is 22.7. The lowest BCUT2D eigenvalue weighted by Crippen LogP contribution is -2.14. The van der Waals surface area contributed by atoms with Crippen molar-refractivity contribution in [2.24, 2.45) is 0 Å². The lowest BCUT2D eigenvalue weighted by atomic mass is 9.90. The molecule has 9 aromatic carbocycles. The predicted molar refractivity (Wildman–Crippen MR) is 270 cm³/mol. The van der Waals surface area contributed by atoms with E-state index >= 15 is 0 Å². The Morgan fingerprint density at radius 2 is 0.757 bits per heavy atom. The maximum Gasteiger partial charge on any atom is 0.417 e. The van der Waals surface area contributed by atoms with Gasteiger partial charge in [0.25, 0.3) is 0 Å². The quantitative estimate of drug-likeness (QED) is 0.153. The fourth-order valence-corrected chi connectivity index (χ4v) is 10.2. The molecule has 0 atom stereocenters. The zero-order valence-corrected chi connectivity index (χ0v) is 38.1. The van der Waals surface area contributed by atoms with Crippen LogP contribution in [0.4, 0.5) is 26.3 Å². The maximum absolute atomic E-state index is 15.0. The van der Waals surface area contributed by atoms with Gasteiger partial charge in [-0.25, -0.2) is 0 Å². The van der Waals surface area contributed by atoms with Crippen LogP contribution in [0.2, 0.25) is 0 Å². The highest BCUT2D eigenvalue weighted by atomic mass is 19.4. The molecule has 0 spiro atoms. The summed E-state index contributed by atoms with van der Waals surface area (Å²) in [5.41, 5.74) is 3.36. The number of alkyl halides is 6. The van der Waals surface area contributed by atoms with Gasteiger partial charge < -0.3 is 9.13 Å². The Labute approximate surface area is 417 Å². The summed E-state index contributed by atoms with van der Waals surface area (Å²) in [6.07, 6.45) is -10.4. The summed E-state index contributed by atoms with van der Waals surface area (Å²) in [5.74, 6) is 0. The number of fused-ring (bicyclic) bond motifs is 6. The Morgan fingerprint density at radius 1 is 0.324 bits per heavy atom. The van der Waals surface area contributed by atoms with Crippen molar-refractivity contribution in [3.63, 3.8) is 0 Å². The molecule has 0 bridgehead atoms. The molecule has 13 heteroatoms. The fourth-order valence-electron chi connectivity index (χ4n) is 10.2. The Hall–Kier alpha value is -10.4. The molecule has 0 radical (unpaired) electrons. The minimum absolute atomic E-state index is 0.214. The Kier molecular flexibility index (Phi) is 10.9. The monoisotopic (exact) mass is 973 g/mol. The number of aromatic nitrogens is 2. The molecular weight excluding hydrogens is 945 g/mol. The van der Waals surface area contributed by atoms with Crippen molar-refractivity contribution in [3.05, 3.63) is 215 Å². The van der Waals surface area contributed by atoms with Crippen LogP contribution in [0.15, 0.2) is 176 Å². The molecule has 11 aromatic rings. The zero-order valence-electron chi connectivity index (χ0n) is 38.1. The first kappa shape index (κ1) is 46.0. The highest BCUT2D eigenvalue weighted by Gasteiger charge is 2.41. The van der Waals surface area contributed by atoms with Crippen molar-refractivity contribution in [2.45, 2.75) is 12.4 Å². The fraction of sp³-hybridized carbons (Fsp3) is 0.0328. The molecular formula is C61H29F6N7. The third-order valence-electron chi connectivity index (χ3n) is 13.4. The smallest absolute Gasteiger partial charge is 0.309 e. The average molecular weight is 974 g/mol. The standard InChI is InChI=1S/C61H29F6N7/c62-60(63,64)51-8-5-9-52(61(65,66)67)59(51)40-17-23-56(73-53-10-3-1-6-45(53)48-27-38(15-21-55(48)73)43-18-12-35(30-68)24-41(43)33-71)50(29-40)47-20-14-37(32-70)26-58(47)74-54-11-4-2-7-46(54)49-28-39(16-22-57(49)74)44-19-13-36(31-69)25-42(44)34-72/h1-29H. The van der Waals surface area contributed by atoms with E-state index in [1.807, 2.05) is 88.0 Å². The van der Waals surface area contributed by atoms with E-state index in [0.29, 0.717) is 89.9 Å². The van der Waals surface area contributed by atoms with E-state index in [2.05, 4.69) is 30.3 Å². The number of halogens is 6. The molecule has 0 aliphatic rings. The molecule has 0 fully saturated rings. The molecule has 0 aliphatic heterocycles. The van der Waals surface area contributed by atoms with E-state index < -0.39 is 29.0 Å². The van der Waals surface area contributed by atoms with Crippen molar-refractivity contribution in [1.82, 2.24) is 9.13 Å². The van der Waals surface area contributed by atoms with Gasteiger partial charge in [-0.05, 0) is 125 Å². The van der Waals surface area contributed by atoms with Gasteiger partial charge in [0, 0.05) is 38.2 Å². The van der Waals surface area contributed by atoms with Crippen LogP contribution in [0.3, 0.4) is 0 Å². The van der Waals surface area contributed by atoms with Gasteiger partial charge in [-0.2, -0.15) is 52.7 Å². The van der Waals surface area contributed by atoms with E-state index in [1.165, 1.54) is 30.3 Å². The predicted octanol–water partition coefficient (Wildman–Crippen LogP) is 15.9. The SMILES string of the molecule is N#Cc1ccc(-c2ccc3c(c2)c2ccccc2n3-c2ccc(-c3c(C(F)(F)F)cccc3C(F)(F)F)cc2-c2ccc(C#N)cc2-n2c3ccccc3c3cc(-c4ccc(C#N)cc4C#N)ccc32)c(C#N)c1. The lowest BCUT2D eigenvalue weighted by molar-refractivity contribution is -0.142. The van der Waals surface area contributed by atoms with Crippen LogP contribution < -0.4 is 0 Å². The van der Waals surface area contributed by atoms with Crippen LogP contribution in [-0.2, 0) is 12.4 Å². The summed E-state index contributed by atoms with van der Waals surface area (Å²) < 4.78 is 93.8. The highest BCUT2D eigenvalue weighted by Crippen LogP contribution is 2.48. The lowest BCUT2D eigenvalue weighted by Gasteiger charge is -2.22. The van der Waals surface area contributed by atoms with Crippen molar-refractivity contribution in [2.75, 3.05) is 0 Å². The molecule has 2 aromatic heterocycles. The van der Waals surface area contributed by atoms with Crippen LogP contribution in [0, 0.1) is 56.7 Å². The van der Waals surface area contributed by atoms with Crippen LogP contribution in [0.25, 0.3) is 99.5 Å². The molecule has 0 N–H and O–H groups in total. The molecule has 7 nitrogen and oxygen atoms in total. The second-order valence-corrected chi connectivity index (χ2v) is 17.4. The Morgan fingerprint density at radius 3 is 1.23 bits per heavy atom. The van der Waals surface area contributed by atoms with Gasteiger partial charge in [-0.15, -0.1) is 0 Å². The number of para-hydroxylation sites is 2. The molecule has 0 aliphatic carbocycles. The maximum atomic E-state index is 15.0. The van der Waals surface area contributed by atoms with Crippen LogP contribution in [-0.4, -0.2) is 9.13 Å². The van der Waals surface area contributed by atoms with Crippen molar-refractivity contribution in [1.29, 1.82) is 26.3 Å². The summed E-state index contributed by atoms with van der Waals surface area (Å²) in [7, 11) is 0. The van der Waals surface area contributed by atoms with E-state index in [9.17, 15) is 52.7 Å². The summed E-state index contributed by atoms with van der Waals surface area (Å²) >= 11 is 0. The number of hydrogen-bond acceptors (Lipinski definition) is 5. The average Bonchev–Trinajstić information content (AvgIpc) is 3.96. The summed E-state index contributed by atoms with van der Waals surface area (Å²) in [4.78, 5) is 0. The van der Waals surface area contributed by atoms with Gasteiger partial charge in [0.1, 0.15) is 0 Å². The Bertz CT molecular complexity index is 4390. The second-order valence-electron chi connectivity index (χ2n) is 17.4. The molecule has 0 unspecified atom stereocenters. The second kappa shape index (κ2) is 17.5. The summed E-state index contributed by atoms with van der Waals surface area (Å²) in [5, 5.41) is 52.7. The van der Waals surface area contributed by atoms with E-state index in [4.69, 9.17) is 0 Å². The van der Waals surface area contributed by atoms with Gasteiger partial charge in [-0.3, -0.25) is 0 Å². The summed E-state index contributed by atoms with van der Waals surface area (Å²) in [6, 6.07) is 57.2. The van der Waals surface area contributed by atoms with Gasteiger partial charge in [-0.1, -0.05) is 78.9 Å². The topological polar surface area (TPSA) is 129 Å². The van der Waals surface area contributed by atoms with Gasteiger partial charge in [0.05, 0.1) is 103 Å². The normalized spacial score (nSPS) is 11.6. The molecule has 350 valence electrons. The van der Waals surface area contributed by atoms with Gasteiger partial charge in [0.15, 0.2) is 0 Å². The van der Waals surface area contributed by atoms with Crippen LogP contribution in [0.1, 0.15) is 38.9 Å². The van der Waals surface area contributed by atoms with Crippen molar-refractivity contribution < 1.29 is 26.3 Å². The number of nitrogens with zero attached hydrogens (tertiary/aromatic N) is 7. The van der Waals surface area contributed by atoms with Crippen LogP contribution in [0.5, 0.6) is 0 Å². The van der Waals surface area contributed by atoms with E-state index in [0.717, 1.165) is 22.2 Å². The number of rotatable bonds is 6. The minimum Gasteiger partial charge on any atom is -0.309 e. The van der Waals surface area contributed by atoms with Crippen LogP contribution >= 0.6 is 0 Å². The molecule has 11 rings (SSSR count). The molecule has 74 heavy (non-hydrogen) atoms. The van der Waals surface area contributed by atoms with Gasteiger partial charge >= 0.3 is 12.4 Å². The Balaban J connectivity index is 1.24. The van der Waals surface area contributed by atoms with Gasteiger partial charge in [0.2, 0.25) is 0 Å². The molecule has 2 heterocycles. The number of benzene rings is 9. The first-order valence-corrected chi connectivity index (χ1v) is 22.7.